The lowest BCUT2D eigenvalue weighted by Gasteiger charge is -2.19. The summed E-state index contributed by atoms with van der Waals surface area (Å²) in [5.74, 6) is 1.42. The van der Waals surface area contributed by atoms with Gasteiger partial charge in [-0.1, -0.05) is 0 Å². The number of nitrogens with one attached hydrogen (secondary N) is 2. The number of ether oxygens (including phenoxy) is 1. The van der Waals surface area contributed by atoms with Gasteiger partial charge in [0.1, 0.15) is 11.1 Å². The van der Waals surface area contributed by atoms with Crippen LogP contribution in [0, 0.1) is 5.92 Å². The Morgan fingerprint density at radius 1 is 1.22 bits per heavy atom. The molecular formula is C25H29N7O4. The maximum absolute atomic E-state index is 12.6. The van der Waals surface area contributed by atoms with E-state index in [2.05, 4.69) is 25.6 Å². The van der Waals surface area contributed by atoms with E-state index in [1.807, 2.05) is 39.0 Å². The van der Waals surface area contributed by atoms with Crippen LogP contribution in [-0.4, -0.2) is 57.0 Å². The van der Waals surface area contributed by atoms with Gasteiger partial charge in [-0.2, -0.15) is 14.8 Å². The fraction of sp³-hybridized carbons (Fsp3) is 0.400. The maximum Gasteiger partial charge on any atom is 0.435 e. The zero-order valence-corrected chi connectivity index (χ0v) is 20.7. The fourth-order valence-corrected chi connectivity index (χ4v) is 4.27. The van der Waals surface area contributed by atoms with Crippen molar-refractivity contribution >= 4 is 51.5 Å². The number of hydrogen-bond donors (Lipinski definition) is 2. The third kappa shape index (κ3) is 4.95. The van der Waals surface area contributed by atoms with Crippen molar-refractivity contribution in [3.8, 4) is 0 Å². The first-order valence-electron chi connectivity index (χ1n) is 11.9. The number of hydrogen-bond acceptors (Lipinski definition) is 9. The minimum atomic E-state index is -0.633. The van der Waals surface area contributed by atoms with Crippen molar-refractivity contribution in [1.82, 2.24) is 25.1 Å². The first-order chi connectivity index (χ1) is 17.2. The molecule has 2 N–H and O–H groups in total. The highest BCUT2D eigenvalue weighted by Gasteiger charge is 2.27. The normalized spacial score (nSPS) is 16.0. The Bertz CT molecular complexity index is 1440. The van der Waals surface area contributed by atoms with E-state index in [-0.39, 0.29) is 5.91 Å². The lowest BCUT2D eigenvalue weighted by Crippen LogP contribution is -2.29. The van der Waals surface area contributed by atoms with Gasteiger partial charge in [0, 0.05) is 43.7 Å². The lowest BCUT2D eigenvalue weighted by molar-refractivity contribution is -0.119. The van der Waals surface area contributed by atoms with Crippen LogP contribution in [0.25, 0.3) is 22.0 Å². The zero-order valence-electron chi connectivity index (χ0n) is 20.7. The van der Waals surface area contributed by atoms with Crippen molar-refractivity contribution < 1.29 is 18.7 Å². The predicted octanol–water partition coefficient (Wildman–Crippen LogP) is 4.06. The van der Waals surface area contributed by atoms with E-state index in [9.17, 15) is 9.59 Å². The molecule has 36 heavy (non-hydrogen) atoms. The first-order valence-corrected chi connectivity index (χ1v) is 11.9. The molecule has 1 aromatic carbocycles. The molecule has 4 heterocycles. The van der Waals surface area contributed by atoms with Crippen LogP contribution < -0.4 is 15.5 Å². The number of fused-ring (bicyclic) bond motifs is 2. The van der Waals surface area contributed by atoms with Crippen molar-refractivity contribution in [3.63, 3.8) is 0 Å². The van der Waals surface area contributed by atoms with Crippen LogP contribution in [0.3, 0.4) is 0 Å². The molecule has 4 aromatic rings. The molecule has 1 atom stereocenters. The Balaban J connectivity index is 1.41. The highest BCUT2D eigenvalue weighted by atomic mass is 16.6. The van der Waals surface area contributed by atoms with E-state index in [4.69, 9.17) is 14.1 Å². The van der Waals surface area contributed by atoms with Gasteiger partial charge in [-0.25, -0.2) is 9.78 Å². The van der Waals surface area contributed by atoms with E-state index in [1.54, 1.807) is 18.5 Å². The Morgan fingerprint density at radius 3 is 2.83 bits per heavy atom. The monoisotopic (exact) mass is 491 g/mol. The molecule has 11 nitrogen and oxygen atoms in total. The summed E-state index contributed by atoms with van der Waals surface area (Å²) in [6.07, 6.45) is 3.62. The quantitative estimate of drug-likeness (QED) is 0.425. The molecule has 1 fully saturated rings. The van der Waals surface area contributed by atoms with Crippen LogP contribution >= 0.6 is 0 Å². The summed E-state index contributed by atoms with van der Waals surface area (Å²) < 4.78 is 12.4. The van der Waals surface area contributed by atoms with E-state index in [0.29, 0.717) is 46.5 Å². The molecule has 0 aliphatic carbocycles. The smallest absolute Gasteiger partial charge is 0.435 e. The number of benzene rings is 1. The van der Waals surface area contributed by atoms with E-state index >= 15 is 0 Å². The van der Waals surface area contributed by atoms with Crippen molar-refractivity contribution in [2.45, 2.75) is 39.7 Å². The maximum atomic E-state index is 12.6. The molecule has 0 spiro atoms. The molecule has 1 aliphatic heterocycles. The summed E-state index contributed by atoms with van der Waals surface area (Å²) in [7, 11) is 0. The minimum absolute atomic E-state index is 0.0274. The molecule has 1 unspecified atom stereocenters. The van der Waals surface area contributed by atoms with Gasteiger partial charge in [-0.3, -0.25) is 4.79 Å². The summed E-state index contributed by atoms with van der Waals surface area (Å²) in [6.45, 7) is 9.16. The third-order valence-corrected chi connectivity index (χ3v) is 5.90. The molecule has 0 saturated carbocycles. The van der Waals surface area contributed by atoms with Crippen LogP contribution in [0.1, 0.15) is 34.1 Å². The summed E-state index contributed by atoms with van der Waals surface area (Å²) >= 11 is 0. The average molecular weight is 492 g/mol. The van der Waals surface area contributed by atoms with Crippen LogP contribution in [0.4, 0.5) is 22.2 Å². The topological polar surface area (TPSA) is 127 Å². The van der Waals surface area contributed by atoms with Gasteiger partial charge in [0.05, 0.1) is 18.0 Å². The van der Waals surface area contributed by atoms with Crippen molar-refractivity contribution in [2.24, 2.45) is 5.92 Å². The van der Waals surface area contributed by atoms with Crippen molar-refractivity contribution in [3.05, 3.63) is 36.7 Å². The highest BCUT2D eigenvalue weighted by Crippen LogP contribution is 2.31. The SMILES string of the molecule is CC(=O)NCC1CCN(c2nc(Nc3ccc4cnn(C(=O)OC(C)(C)C)c4c3)nc3ccoc23)C1. The predicted molar refractivity (Wildman–Crippen MR) is 135 cm³/mol. The van der Waals surface area contributed by atoms with Gasteiger partial charge < -0.3 is 24.7 Å². The summed E-state index contributed by atoms with van der Waals surface area (Å²) in [6, 6.07) is 7.37. The molecule has 0 radical (unpaired) electrons. The van der Waals surface area contributed by atoms with Gasteiger partial charge in [-0.05, 0) is 51.3 Å². The number of rotatable bonds is 5. The summed E-state index contributed by atoms with van der Waals surface area (Å²) in [5, 5.41) is 11.2. The fourth-order valence-electron chi connectivity index (χ4n) is 4.27. The first kappa shape index (κ1) is 23.6. The van der Waals surface area contributed by atoms with Gasteiger partial charge in [-0.15, -0.1) is 0 Å². The van der Waals surface area contributed by atoms with E-state index in [1.165, 1.54) is 11.6 Å². The Hall–Kier alpha value is -4.15. The molecule has 1 saturated heterocycles. The molecule has 0 bridgehead atoms. The van der Waals surface area contributed by atoms with Crippen LogP contribution in [0.2, 0.25) is 0 Å². The number of amides is 1. The summed E-state index contributed by atoms with van der Waals surface area (Å²) in [5.41, 5.74) is 1.99. The van der Waals surface area contributed by atoms with Crippen LogP contribution in [0.5, 0.6) is 0 Å². The van der Waals surface area contributed by atoms with Crippen molar-refractivity contribution in [1.29, 1.82) is 0 Å². The summed E-state index contributed by atoms with van der Waals surface area (Å²) in [4.78, 5) is 35.4. The molecule has 1 amide bonds. The molecule has 11 heteroatoms. The number of aromatic nitrogens is 4. The molecule has 3 aromatic heterocycles. The zero-order chi connectivity index (χ0) is 25.4. The van der Waals surface area contributed by atoms with E-state index < -0.39 is 11.7 Å². The molecular weight excluding hydrogens is 462 g/mol. The van der Waals surface area contributed by atoms with Crippen LogP contribution in [-0.2, 0) is 9.53 Å². The van der Waals surface area contributed by atoms with Gasteiger partial charge in [0.15, 0.2) is 11.4 Å². The standard InChI is InChI=1S/C25H29N7O4/c1-15(33)26-12-16-7-9-31(14-16)22-21-19(8-10-35-21)29-23(30-22)28-18-6-5-17-13-27-32(20(17)11-18)24(34)36-25(2,3)4/h5-6,8,10-11,13,16H,7,9,12,14H2,1-4H3,(H,26,33)(H,28,29,30). The minimum Gasteiger partial charge on any atom is -0.459 e. The second-order valence-electron chi connectivity index (χ2n) is 9.98. The second kappa shape index (κ2) is 9.14. The van der Waals surface area contributed by atoms with E-state index in [0.717, 1.165) is 24.9 Å². The van der Waals surface area contributed by atoms with Gasteiger partial charge in [0.25, 0.3) is 0 Å². The lowest BCUT2D eigenvalue weighted by atomic mass is 10.1. The number of furan rings is 1. The third-order valence-electron chi connectivity index (χ3n) is 5.90. The van der Waals surface area contributed by atoms with Gasteiger partial charge in [0.2, 0.25) is 11.9 Å². The molecule has 5 rings (SSSR count). The number of carbonyl (C=O) groups is 2. The Kier molecular flexibility index (Phi) is 5.99. The average Bonchev–Trinajstić information content (AvgIpc) is 3.55. The van der Waals surface area contributed by atoms with Crippen molar-refractivity contribution in [2.75, 3.05) is 29.9 Å². The number of anilines is 3. The highest BCUT2D eigenvalue weighted by molar-refractivity contribution is 5.90. The molecule has 188 valence electrons. The number of nitrogens with zero attached hydrogens (tertiary/aromatic N) is 5. The van der Waals surface area contributed by atoms with Gasteiger partial charge >= 0.3 is 6.09 Å². The Morgan fingerprint density at radius 2 is 2.06 bits per heavy atom. The number of carbonyl (C=O) groups excluding carboxylic acids is 2. The molecule has 1 aliphatic rings. The second-order valence-corrected chi connectivity index (χ2v) is 9.98. The van der Waals surface area contributed by atoms with Crippen LogP contribution in [0.15, 0.2) is 41.1 Å². The Labute approximate surface area is 207 Å². The largest absolute Gasteiger partial charge is 0.459 e.